The number of amides is 1. The van der Waals surface area contributed by atoms with Gasteiger partial charge in [0, 0.05) is 31.1 Å². The monoisotopic (exact) mass is 326 g/mol. The molecule has 0 aliphatic carbocycles. The van der Waals surface area contributed by atoms with Crippen LogP contribution in [-0.4, -0.2) is 31.2 Å². The van der Waals surface area contributed by atoms with Gasteiger partial charge in [-0.2, -0.15) is 0 Å². The molecule has 2 heterocycles. The first-order valence-corrected chi connectivity index (χ1v) is 8.05. The molecular weight excluding hydrogens is 304 g/mol. The van der Waals surface area contributed by atoms with Crippen LogP contribution in [0.5, 0.6) is 0 Å². The third-order valence-electron chi connectivity index (χ3n) is 4.20. The summed E-state index contributed by atoms with van der Waals surface area (Å²) >= 11 is 0. The molecule has 2 aromatic rings. The average Bonchev–Trinajstić information content (AvgIpc) is 2.77. The third-order valence-corrected chi connectivity index (χ3v) is 4.20. The van der Waals surface area contributed by atoms with E-state index in [-0.39, 0.29) is 6.10 Å². The molecule has 0 saturated heterocycles. The van der Waals surface area contributed by atoms with Gasteiger partial charge in [0.2, 0.25) is 6.41 Å². The molecule has 6 nitrogen and oxygen atoms in total. The van der Waals surface area contributed by atoms with E-state index < -0.39 is 0 Å². The minimum absolute atomic E-state index is 0.215. The summed E-state index contributed by atoms with van der Waals surface area (Å²) in [5, 5.41) is 6.70. The Morgan fingerprint density at radius 1 is 1.46 bits per heavy atom. The van der Waals surface area contributed by atoms with E-state index in [2.05, 4.69) is 15.6 Å². The number of rotatable bonds is 6. The lowest BCUT2D eigenvalue weighted by atomic mass is 10.2. The van der Waals surface area contributed by atoms with Gasteiger partial charge in [-0.3, -0.25) is 4.79 Å². The predicted molar refractivity (Wildman–Crippen MR) is 95.8 cm³/mol. The Balaban J connectivity index is 1.82. The molecule has 1 aromatic carbocycles. The van der Waals surface area contributed by atoms with E-state index >= 15 is 0 Å². The normalized spacial score (nSPS) is 14.0. The number of hydrogen-bond acceptors (Lipinski definition) is 5. The lowest BCUT2D eigenvalue weighted by molar-refractivity contribution is -0.107. The fourth-order valence-corrected chi connectivity index (χ4v) is 2.69. The molecule has 1 aliphatic heterocycles. The largest absolute Gasteiger partial charge is 0.385 e. The topological polar surface area (TPSA) is 66.5 Å². The van der Waals surface area contributed by atoms with Crippen molar-refractivity contribution in [2.75, 3.05) is 29.2 Å². The van der Waals surface area contributed by atoms with Crippen molar-refractivity contribution in [2.24, 2.45) is 0 Å². The van der Waals surface area contributed by atoms with E-state index in [1.165, 1.54) is 0 Å². The van der Waals surface area contributed by atoms with Crippen molar-refractivity contribution in [3.8, 4) is 0 Å². The van der Waals surface area contributed by atoms with E-state index in [0.29, 0.717) is 6.54 Å². The Labute approximate surface area is 141 Å². The van der Waals surface area contributed by atoms with E-state index in [1.807, 2.05) is 37.3 Å². The van der Waals surface area contributed by atoms with Gasteiger partial charge >= 0.3 is 0 Å². The van der Waals surface area contributed by atoms with E-state index in [0.717, 1.165) is 47.8 Å². The highest BCUT2D eigenvalue weighted by Crippen LogP contribution is 2.35. The van der Waals surface area contributed by atoms with Gasteiger partial charge in [0.1, 0.15) is 5.82 Å². The fourth-order valence-electron chi connectivity index (χ4n) is 2.69. The van der Waals surface area contributed by atoms with Crippen molar-refractivity contribution in [3.63, 3.8) is 0 Å². The zero-order valence-electron chi connectivity index (χ0n) is 14.0. The van der Waals surface area contributed by atoms with E-state index in [4.69, 9.17) is 4.74 Å². The first kappa shape index (κ1) is 16.3. The Kier molecular flexibility index (Phi) is 4.96. The minimum Gasteiger partial charge on any atom is -0.385 e. The molecule has 3 rings (SSSR count). The molecule has 126 valence electrons. The van der Waals surface area contributed by atoms with Crippen LogP contribution in [-0.2, 0) is 16.1 Å². The lowest BCUT2D eigenvalue weighted by Crippen LogP contribution is -2.20. The summed E-state index contributed by atoms with van der Waals surface area (Å²) in [5.41, 5.74) is 3.68. The maximum absolute atomic E-state index is 11.6. The van der Waals surface area contributed by atoms with Crippen LogP contribution < -0.4 is 15.5 Å². The summed E-state index contributed by atoms with van der Waals surface area (Å²) in [6, 6.07) is 9.81. The van der Waals surface area contributed by atoms with Crippen molar-refractivity contribution in [1.29, 1.82) is 0 Å². The maximum Gasteiger partial charge on any atom is 0.214 e. The zero-order valence-corrected chi connectivity index (χ0v) is 14.0. The van der Waals surface area contributed by atoms with Gasteiger partial charge < -0.3 is 20.3 Å². The molecule has 0 unspecified atom stereocenters. The second-order valence-corrected chi connectivity index (χ2v) is 5.86. The smallest absolute Gasteiger partial charge is 0.214 e. The highest BCUT2D eigenvalue weighted by atomic mass is 16.5. The van der Waals surface area contributed by atoms with Crippen LogP contribution in [0.4, 0.5) is 22.9 Å². The van der Waals surface area contributed by atoms with Gasteiger partial charge in [0.15, 0.2) is 0 Å². The zero-order chi connectivity index (χ0) is 16.9. The van der Waals surface area contributed by atoms with Crippen molar-refractivity contribution in [3.05, 3.63) is 42.1 Å². The maximum atomic E-state index is 11.6. The first-order valence-electron chi connectivity index (χ1n) is 8.05. The van der Waals surface area contributed by atoms with Crippen molar-refractivity contribution < 1.29 is 9.53 Å². The van der Waals surface area contributed by atoms with Crippen LogP contribution in [0.15, 0.2) is 36.5 Å². The molecule has 24 heavy (non-hydrogen) atoms. The molecule has 0 spiro atoms. The number of methoxy groups -OCH3 is 1. The number of hydrogen-bond donors (Lipinski definition) is 2. The number of aromatic nitrogens is 1. The fraction of sp³-hybridized carbons (Fsp3) is 0.333. The number of ether oxygens (including phenoxy) is 1. The molecular formula is C18H22N4O2. The van der Waals surface area contributed by atoms with E-state index in [9.17, 15) is 4.79 Å². The van der Waals surface area contributed by atoms with Gasteiger partial charge in [-0.1, -0.05) is 6.07 Å². The number of nitrogens with one attached hydrogen (secondary N) is 2. The Hall–Kier alpha value is -2.60. The molecule has 0 saturated carbocycles. The Morgan fingerprint density at radius 2 is 2.33 bits per heavy atom. The molecule has 1 aromatic heterocycles. The number of pyridine rings is 1. The van der Waals surface area contributed by atoms with E-state index in [1.54, 1.807) is 18.2 Å². The molecule has 1 amide bonds. The quantitative estimate of drug-likeness (QED) is 0.798. The van der Waals surface area contributed by atoms with Gasteiger partial charge in [0.25, 0.3) is 0 Å². The Bertz CT molecular complexity index is 720. The van der Waals surface area contributed by atoms with Crippen molar-refractivity contribution >= 4 is 29.3 Å². The van der Waals surface area contributed by atoms with Crippen molar-refractivity contribution in [1.82, 2.24) is 4.98 Å². The number of fused-ring (bicyclic) bond motifs is 2. The second-order valence-electron chi connectivity index (χ2n) is 5.86. The Morgan fingerprint density at radius 3 is 3.12 bits per heavy atom. The molecule has 0 bridgehead atoms. The number of anilines is 4. The van der Waals surface area contributed by atoms with Crippen molar-refractivity contribution in [2.45, 2.75) is 26.0 Å². The third kappa shape index (κ3) is 3.49. The van der Waals surface area contributed by atoms with Crippen LogP contribution in [0.2, 0.25) is 0 Å². The van der Waals surface area contributed by atoms with Gasteiger partial charge in [0.05, 0.1) is 24.0 Å². The summed E-state index contributed by atoms with van der Waals surface area (Å²) in [4.78, 5) is 17.6. The summed E-state index contributed by atoms with van der Waals surface area (Å²) in [6.45, 7) is 3.35. The van der Waals surface area contributed by atoms with Gasteiger partial charge in [-0.25, -0.2) is 4.98 Å². The highest BCUT2D eigenvalue weighted by Gasteiger charge is 2.19. The van der Waals surface area contributed by atoms with Gasteiger partial charge in [-0.05, 0) is 37.6 Å². The summed E-state index contributed by atoms with van der Waals surface area (Å²) in [6.07, 6.45) is 3.74. The first-order chi connectivity index (χ1) is 11.7. The molecule has 1 atom stereocenters. The molecule has 0 radical (unpaired) electrons. The van der Waals surface area contributed by atoms with Crippen LogP contribution in [0.25, 0.3) is 0 Å². The predicted octanol–water partition coefficient (Wildman–Crippen LogP) is 3.14. The second kappa shape index (κ2) is 7.31. The van der Waals surface area contributed by atoms with Gasteiger partial charge in [-0.15, -0.1) is 0 Å². The standard InChI is InChI=1S/C18H22N4O2/c1-13(24-2)7-9-19-15-5-6-16-17(10-15)22(12-23)11-14-4-3-8-20-18(14)21-16/h3-6,8,10,12-13,19H,7,9,11H2,1-2H3,(H,20,21)/t13-/m1/s1. The number of nitrogens with zero attached hydrogens (tertiary/aromatic N) is 2. The minimum atomic E-state index is 0.215. The SMILES string of the molecule is CO[C@H](C)CCNc1ccc2c(c1)N(C=O)Cc1cccnc1N2. The molecule has 1 aliphatic rings. The molecule has 2 N–H and O–H groups in total. The van der Waals surface area contributed by atoms with Crippen LogP contribution in [0.1, 0.15) is 18.9 Å². The summed E-state index contributed by atoms with van der Waals surface area (Å²) in [7, 11) is 1.71. The summed E-state index contributed by atoms with van der Waals surface area (Å²) in [5.74, 6) is 0.790. The lowest BCUT2D eigenvalue weighted by Gasteiger charge is -2.19. The number of benzene rings is 1. The molecule has 6 heteroatoms. The number of carbonyl (C=O) groups is 1. The highest BCUT2D eigenvalue weighted by molar-refractivity contribution is 5.89. The average molecular weight is 326 g/mol. The van der Waals surface area contributed by atoms with Crippen LogP contribution >= 0.6 is 0 Å². The summed E-state index contributed by atoms with van der Waals surface area (Å²) < 4.78 is 5.25. The number of carbonyl (C=O) groups excluding carboxylic acids is 1. The molecule has 0 fully saturated rings. The van der Waals surface area contributed by atoms with Crippen LogP contribution in [0, 0.1) is 0 Å². The van der Waals surface area contributed by atoms with Crippen LogP contribution in [0.3, 0.4) is 0 Å².